The van der Waals surface area contributed by atoms with Crippen molar-refractivity contribution in [2.45, 2.75) is 38.5 Å². The molecule has 0 unspecified atom stereocenters. The summed E-state index contributed by atoms with van der Waals surface area (Å²) in [5, 5.41) is 5.36. The minimum absolute atomic E-state index is 0.0384. The van der Waals surface area contributed by atoms with Gasteiger partial charge < -0.3 is 22.1 Å². The van der Waals surface area contributed by atoms with E-state index < -0.39 is 6.03 Å². The molecule has 6 nitrogen and oxygen atoms in total. The van der Waals surface area contributed by atoms with Crippen molar-refractivity contribution in [3.63, 3.8) is 0 Å². The Morgan fingerprint density at radius 3 is 2.32 bits per heavy atom. The van der Waals surface area contributed by atoms with Crippen molar-refractivity contribution in [2.24, 2.45) is 16.9 Å². The van der Waals surface area contributed by atoms with E-state index in [0.717, 1.165) is 25.7 Å². The van der Waals surface area contributed by atoms with Gasteiger partial charge in [0.15, 0.2) is 0 Å². The van der Waals surface area contributed by atoms with Gasteiger partial charge in [-0.05, 0) is 43.0 Å². The maximum absolute atomic E-state index is 12.3. The molecule has 0 saturated heterocycles. The highest BCUT2D eigenvalue weighted by Gasteiger charge is 2.32. The molecule has 0 heterocycles. The number of primary amides is 1. The molecule has 6 heteroatoms. The van der Waals surface area contributed by atoms with Gasteiger partial charge in [0, 0.05) is 17.8 Å². The van der Waals surface area contributed by atoms with E-state index in [0.29, 0.717) is 24.3 Å². The highest BCUT2D eigenvalue weighted by atomic mass is 16.2. The van der Waals surface area contributed by atoms with E-state index in [1.807, 2.05) is 0 Å². The fourth-order valence-corrected chi connectivity index (χ4v) is 3.12. The number of hydrogen-bond acceptors (Lipinski definition) is 3. The molecule has 0 atom stereocenters. The summed E-state index contributed by atoms with van der Waals surface area (Å²) >= 11 is 0. The molecule has 1 saturated carbocycles. The molecular formula is C16H24N4O2. The number of carbonyl (C=O) groups excluding carboxylic acids is 2. The van der Waals surface area contributed by atoms with Crippen LogP contribution in [-0.2, 0) is 4.79 Å². The van der Waals surface area contributed by atoms with E-state index in [2.05, 4.69) is 10.6 Å². The standard InChI is InChI=1S/C16H24N4O2/c17-11-16(7-2-1-3-8-16)10-14(21)19-12-5-4-6-13(9-12)20-15(18)22/h4-6,9H,1-3,7-8,10-11,17H2,(H,19,21)(H3,18,20,22). The molecule has 1 aromatic rings. The lowest BCUT2D eigenvalue weighted by Crippen LogP contribution is -2.36. The van der Waals surface area contributed by atoms with Gasteiger partial charge in [0.2, 0.25) is 5.91 Å². The fourth-order valence-electron chi connectivity index (χ4n) is 3.12. The minimum atomic E-state index is -0.632. The van der Waals surface area contributed by atoms with Crippen LogP contribution in [0.5, 0.6) is 0 Å². The zero-order valence-electron chi connectivity index (χ0n) is 12.7. The third-order valence-corrected chi connectivity index (χ3v) is 4.30. The van der Waals surface area contributed by atoms with E-state index in [9.17, 15) is 9.59 Å². The van der Waals surface area contributed by atoms with Crippen LogP contribution in [0.1, 0.15) is 38.5 Å². The third-order valence-electron chi connectivity index (χ3n) is 4.30. The van der Waals surface area contributed by atoms with Gasteiger partial charge in [0.1, 0.15) is 0 Å². The van der Waals surface area contributed by atoms with Crippen molar-refractivity contribution in [3.05, 3.63) is 24.3 Å². The predicted octanol–water partition coefficient (Wildman–Crippen LogP) is 2.42. The van der Waals surface area contributed by atoms with Crippen LogP contribution in [0.25, 0.3) is 0 Å². The van der Waals surface area contributed by atoms with E-state index in [4.69, 9.17) is 11.5 Å². The molecular weight excluding hydrogens is 280 g/mol. The summed E-state index contributed by atoms with van der Waals surface area (Å²) in [5.74, 6) is -0.0384. The highest BCUT2D eigenvalue weighted by molar-refractivity contribution is 5.93. The first-order valence-electron chi connectivity index (χ1n) is 7.69. The second-order valence-corrected chi connectivity index (χ2v) is 6.06. The number of amides is 3. The molecule has 0 bridgehead atoms. The lowest BCUT2D eigenvalue weighted by atomic mass is 9.71. The molecule has 1 aliphatic rings. The largest absolute Gasteiger partial charge is 0.351 e. The van der Waals surface area contributed by atoms with Crippen LogP contribution in [-0.4, -0.2) is 18.5 Å². The van der Waals surface area contributed by atoms with Crippen LogP contribution < -0.4 is 22.1 Å². The fraction of sp³-hybridized carbons (Fsp3) is 0.500. The van der Waals surface area contributed by atoms with Gasteiger partial charge in [-0.25, -0.2) is 4.79 Å². The molecule has 22 heavy (non-hydrogen) atoms. The van der Waals surface area contributed by atoms with E-state index in [1.54, 1.807) is 24.3 Å². The number of rotatable bonds is 5. The molecule has 1 fully saturated rings. The minimum Gasteiger partial charge on any atom is -0.351 e. The normalized spacial score (nSPS) is 16.8. The van der Waals surface area contributed by atoms with E-state index in [-0.39, 0.29) is 11.3 Å². The molecule has 3 amide bonds. The Bertz CT molecular complexity index is 539. The molecule has 0 aromatic heterocycles. The molecule has 0 radical (unpaired) electrons. The summed E-state index contributed by atoms with van der Waals surface area (Å²) in [6, 6.07) is 6.29. The molecule has 6 N–H and O–H groups in total. The van der Waals surface area contributed by atoms with Gasteiger partial charge in [-0.3, -0.25) is 4.79 Å². The zero-order valence-corrected chi connectivity index (χ0v) is 12.7. The van der Waals surface area contributed by atoms with Crippen LogP contribution in [0.3, 0.4) is 0 Å². The number of urea groups is 1. The predicted molar refractivity (Wildman–Crippen MR) is 87.5 cm³/mol. The summed E-state index contributed by atoms with van der Waals surface area (Å²) in [7, 11) is 0. The summed E-state index contributed by atoms with van der Waals surface area (Å²) in [5.41, 5.74) is 12.1. The van der Waals surface area contributed by atoms with E-state index >= 15 is 0 Å². The second-order valence-electron chi connectivity index (χ2n) is 6.06. The lowest BCUT2D eigenvalue weighted by molar-refractivity contribution is -0.118. The smallest absolute Gasteiger partial charge is 0.316 e. The lowest BCUT2D eigenvalue weighted by Gasteiger charge is -2.35. The monoisotopic (exact) mass is 304 g/mol. The SMILES string of the molecule is NCC1(CC(=O)Nc2cccc(NC(N)=O)c2)CCCCC1. The van der Waals surface area contributed by atoms with Crippen LogP contribution in [0.4, 0.5) is 16.2 Å². The molecule has 0 spiro atoms. The number of nitrogens with one attached hydrogen (secondary N) is 2. The van der Waals surface area contributed by atoms with E-state index in [1.165, 1.54) is 6.42 Å². The van der Waals surface area contributed by atoms with Gasteiger partial charge >= 0.3 is 6.03 Å². The molecule has 0 aliphatic heterocycles. The average molecular weight is 304 g/mol. The first-order valence-corrected chi connectivity index (χ1v) is 7.69. The van der Waals surface area contributed by atoms with Crippen LogP contribution in [0.15, 0.2) is 24.3 Å². The molecule has 1 aromatic carbocycles. The highest BCUT2D eigenvalue weighted by Crippen LogP contribution is 2.38. The average Bonchev–Trinajstić information content (AvgIpc) is 2.47. The maximum atomic E-state index is 12.3. The number of hydrogen-bond donors (Lipinski definition) is 4. The van der Waals surface area contributed by atoms with Crippen molar-refractivity contribution < 1.29 is 9.59 Å². The Morgan fingerprint density at radius 1 is 1.09 bits per heavy atom. The third kappa shape index (κ3) is 4.46. The van der Waals surface area contributed by atoms with Crippen molar-refractivity contribution >= 4 is 23.3 Å². The van der Waals surface area contributed by atoms with Gasteiger partial charge in [0.05, 0.1) is 0 Å². The number of carbonyl (C=O) groups is 2. The Morgan fingerprint density at radius 2 is 1.73 bits per heavy atom. The van der Waals surface area contributed by atoms with Gasteiger partial charge in [-0.2, -0.15) is 0 Å². The van der Waals surface area contributed by atoms with Crippen LogP contribution in [0.2, 0.25) is 0 Å². The quantitative estimate of drug-likeness (QED) is 0.670. The maximum Gasteiger partial charge on any atom is 0.316 e. The Kier molecular flexibility index (Phi) is 5.38. The Balaban J connectivity index is 1.97. The van der Waals surface area contributed by atoms with Crippen molar-refractivity contribution in [1.82, 2.24) is 0 Å². The molecule has 2 rings (SSSR count). The van der Waals surface area contributed by atoms with Gasteiger partial charge in [0.25, 0.3) is 0 Å². The van der Waals surface area contributed by atoms with Crippen LogP contribution >= 0.6 is 0 Å². The van der Waals surface area contributed by atoms with Crippen LogP contribution in [0, 0.1) is 5.41 Å². The molecule has 120 valence electrons. The van der Waals surface area contributed by atoms with Crippen molar-refractivity contribution in [3.8, 4) is 0 Å². The summed E-state index contributed by atoms with van der Waals surface area (Å²) in [6.45, 7) is 0.545. The Hall–Kier alpha value is -2.08. The second kappa shape index (κ2) is 7.26. The summed E-state index contributed by atoms with van der Waals surface area (Å²) in [6.07, 6.45) is 5.98. The topological polar surface area (TPSA) is 110 Å². The summed E-state index contributed by atoms with van der Waals surface area (Å²) in [4.78, 5) is 23.2. The summed E-state index contributed by atoms with van der Waals surface area (Å²) < 4.78 is 0. The number of nitrogens with two attached hydrogens (primary N) is 2. The van der Waals surface area contributed by atoms with Crippen molar-refractivity contribution in [1.29, 1.82) is 0 Å². The van der Waals surface area contributed by atoms with Gasteiger partial charge in [-0.15, -0.1) is 0 Å². The van der Waals surface area contributed by atoms with Crippen molar-refractivity contribution in [2.75, 3.05) is 17.2 Å². The molecule has 1 aliphatic carbocycles. The first kappa shape index (κ1) is 16.3. The number of anilines is 2. The number of benzene rings is 1. The van der Waals surface area contributed by atoms with Gasteiger partial charge in [-0.1, -0.05) is 25.3 Å². The zero-order chi connectivity index (χ0) is 16.0. The Labute approximate surface area is 130 Å². The first-order chi connectivity index (χ1) is 10.5.